The summed E-state index contributed by atoms with van der Waals surface area (Å²) in [5, 5.41) is 1.39. The van der Waals surface area contributed by atoms with Gasteiger partial charge in [0.1, 0.15) is 5.58 Å². The lowest BCUT2D eigenvalue weighted by molar-refractivity contribution is 0.618. The standard InChI is InChI=1S/C16H10N2O2/c19-16-13-8-10-20-14(13)12-7-4-9-17-15(12)18(16)11-5-2-1-3-6-11/h1-10H. The van der Waals surface area contributed by atoms with E-state index in [9.17, 15) is 4.79 Å². The predicted octanol–water partition coefficient (Wildman–Crippen LogP) is 3.13. The first-order valence-electron chi connectivity index (χ1n) is 6.28. The number of rotatable bonds is 1. The number of nitrogens with zero attached hydrogens (tertiary/aromatic N) is 2. The van der Waals surface area contributed by atoms with Crippen LogP contribution in [0.15, 0.2) is 70.2 Å². The Balaban J connectivity index is 2.28. The summed E-state index contributed by atoms with van der Waals surface area (Å²) in [5.74, 6) is 0. The maximum Gasteiger partial charge on any atom is 0.267 e. The van der Waals surface area contributed by atoms with Gasteiger partial charge in [0.25, 0.3) is 5.56 Å². The molecule has 3 heterocycles. The zero-order valence-corrected chi connectivity index (χ0v) is 10.5. The predicted molar refractivity (Wildman–Crippen MR) is 77.1 cm³/mol. The summed E-state index contributed by atoms with van der Waals surface area (Å²) in [4.78, 5) is 17.0. The Bertz CT molecular complexity index is 968. The SMILES string of the molecule is O=c1c2ccoc2c2cccnc2n1-c1ccccc1. The van der Waals surface area contributed by atoms with Crippen molar-refractivity contribution in [3.63, 3.8) is 0 Å². The third-order valence-electron chi connectivity index (χ3n) is 3.36. The molecule has 0 unspecified atom stereocenters. The van der Waals surface area contributed by atoms with Crippen molar-refractivity contribution in [2.45, 2.75) is 0 Å². The lowest BCUT2D eigenvalue weighted by Crippen LogP contribution is -2.19. The molecule has 0 atom stereocenters. The van der Waals surface area contributed by atoms with Crippen molar-refractivity contribution in [1.29, 1.82) is 0 Å². The zero-order chi connectivity index (χ0) is 13.5. The Morgan fingerprint density at radius 3 is 2.65 bits per heavy atom. The summed E-state index contributed by atoms with van der Waals surface area (Å²) in [7, 11) is 0. The highest BCUT2D eigenvalue weighted by molar-refractivity contribution is 6.01. The molecule has 20 heavy (non-hydrogen) atoms. The second-order valence-corrected chi connectivity index (χ2v) is 4.51. The highest BCUT2D eigenvalue weighted by Crippen LogP contribution is 2.23. The second kappa shape index (κ2) is 4.06. The Kier molecular flexibility index (Phi) is 2.23. The van der Waals surface area contributed by atoms with E-state index in [2.05, 4.69) is 4.98 Å². The van der Waals surface area contributed by atoms with E-state index >= 15 is 0 Å². The van der Waals surface area contributed by atoms with Crippen LogP contribution < -0.4 is 5.56 Å². The van der Waals surface area contributed by atoms with Gasteiger partial charge in [-0.1, -0.05) is 18.2 Å². The summed E-state index contributed by atoms with van der Waals surface area (Å²) in [6, 6.07) is 14.9. The molecule has 3 aromatic heterocycles. The molecule has 1 aromatic carbocycles. The topological polar surface area (TPSA) is 48.0 Å². The van der Waals surface area contributed by atoms with Crippen molar-refractivity contribution in [3.05, 3.63) is 71.3 Å². The molecule has 4 rings (SSSR count). The number of aromatic nitrogens is 2. The quantitative estimate of drug-likeness (QED) is 0.529. The van der Waals surface area contributed by atoms with Crippen molar-refractivity contribution in [2.75, 3.05) is 0 Å². The van der Waals surface area contributed by atoms with E-state index in [1.54, 1.807) is 16.8 Å². The van der Waals surface area contributed by atoms with Gasteiger partial charge in [-0.15, -0.1) is 0 Å². The van der Waals surface area contributed by atoms with Gasteiger partial charge in [0.2, 0.25) is 0 Å². The fraction of sp³-hybridized carbons (Fsp3) is 0. The van der Waals surface area contributed by atoms with Crippen LogP contribution >= 0.6 is 0 Å². The number of furan rings is 1. The van der Waals surface area contributed by atoms with Gasteiger partial charge in [-0.25, -0.2) is 4.98 Å². The van der Waals surface area contributed by atoms with Gasteiger partial charge in [-0.05, 0) is 30.3 Å². The minimum atomic E-state index is -0.119. The number of hydrogen-bond acceptors (Lipinski definition) is 3. The van der Waals surface area contributed by atoms with Crippen molar-refractivity contribution < 1.29 is 4.42 Å². The number of fused-ring (bicyclic) bond motifs is 3. The zero-order valence-electron chi connectivity index (χ0n) is 10.5. The van der Waals surface area contributed by atoms with E-state index in [-0.39, 0.29) is 5.56 Å². The summed E-state index contributed by atoms with van der Waals surface area (Å²) < 4.78 is 7.07. The van der Waals surface area contributed by atoms with Crippen LogP contribution in [0.4, 0.5) is 0 Å². The van der Waals surface area contributed by atoms with Crippen LogP contribution in [0.5, 0.6) is 0 Å². The van der Waals surface area contributed by atoms with Crippen LogP contribution in [0.25, 0.3) is 27.7 Å². The van der Waals surface area contributed by atoms with E-state index in [4.69, 9.17) is 4.42 Å². The van der Waals surface area contributed by atoms with Crippen LogP contribution in [-0.4, -0.2) is 9.55 Å². The third kappa shape index (κ3) is 1.42. The fourth-order valence-corrected chi connectivity index (χ4v) is 2.47. The summed E-state index contributed by atoms with van der Waals surface area (Å²) in [6.07, 6.45) is 3.21. The molecule has 96 valence electrons. The number of benzene rings is 1. The second-order valence-electron chi connectivity index (χ2n) is 4.51. The highest BCUT2D eigenvalue weighted by Gasteiger charge is 2.14. The molecule has 0 fully saturated rings. The minimum Gasteiger partial charge on any atom is -0.463 e. The van der Waals surface area contributed by atoms with Gasteiger partial charge in [0.15, 0.2) is 5.65 Å². The molecular formula is C16H10N2O2. The van der Waals surface area contributed by atoms with Crippen LogP contribution in [0, 0.1) is 0 Å². The van der Waals surface area contributed by atoms with Gasteiger partial charge in [-0.3, -0.25) is 9.36 Å². The Morgan fingerprint density at radius 2 is 1.80 bits per heavy atom. The van der Waals surface area contributed by atoms with Crippen molar-refractivity contribution in [3.8, 4) is 5.69 Å². The number of para-hydroxylation sites is 1. The fourth-order valence-electron chi connectivity index (χ4n) is 2.47. The average molecular weight is 262 g/mol. The monoisotopic (exact) mass is 262 g/mol. The lowest BCUT2D eigenvalue weighted by Gasteiger charge is -2.09. The van der Waals surface area contributed by atoms with Gasteiger partial charge in [0, 0.05) is 6.20 Å². The Hall–Kier alpha value is -2.88. The highest BCUT2D eigenvalue weighted by atomic mass is 16.3. The van der Waals surface area contributed by atoms with Crippen LogP contribution in [0.1, 0.15) is 0 Å². The maximum absolute atomic E-state index is 12.7. The van der Waals surface area contributed by atoms with Crippen molar-refractivity contribution in [1.82, 2.24) is 9.55 Å². The van der Waals surface area contributed by atoms with E-state index in [0.717, 1.165) is 11.1 Å². The normalized spacial score (nSPS) is 11.2. The van der Waals surface area contributed by atoms with E-state index in [0.29, 0.717) is 16.6 Å². The lowest BCUT2D eigenvalue weighted by atomic mass is 10.2. The molecule has 0 N–H and O–H groups in total. The van der Waals surface area contributed by atoms with Crippen LogP contribution in [0.3, 0.4) is 0 Å². The van der Waals surface area contributed by atoms with Crippen molar-refractivity contribution in [2.24, 2.45) is 0 Å². The smallest absolute Gasteiger partial charge is 0.267 e. The molecule has 4 aromatic rings. The molecule has 0 saturated heterocycles. The molecule has 0 aliphatic carbocycles. The van der Waals surface area contributed by atoms with Gasteiger partial charge < -0.3 is 4.42 Å². The van der Waals surface area contributed by atoms with Crippen LogP contribution in [0.2, 0.25) is 0 Å². The average Bonchev–Trinajstić information content (AvgIpc) is 2.99. The van der Waals surface area contributed by atoms with E-state index in [1.807, 2.05) is 42.5 Å². The first-order valence-corrected chi connectivity index (χ1v) is 6.28. The van der Waals surface area contributed by atoms with Gasteiger partial charge in [0.05, 0.1) is 22.7 Å². The first-order chi connectivity index (χ1) is 9.86. The molecular weight excluding hydrogens is 252 g/mol. The number of pyridine rings is 2. The molecule has 0 bridgehead atoms. The van der Waals surface area contributed by atoms with E-state index in [1.165, 1.54) is 6.26 Å². The molecule has 4 heteroatoms. The number of hydrogen-bond donors (Lipinski definition) is 0. The molecule has 0 aliphatic heterocycles. The van der Waals surface area contributed by atoms with Crippen molar-refractivity contribution >= 4 is 22.0 Å². The summed E-state index contributed by atoms with van der Waals surface area (Å²) in [5.41, 5.74) is 1.87. The van der Waals surface area contributed by atoms with Gasteiger partial charge in [-0.2, -0.15) is 0 Å². The summed E-state index contributed by atoms with van der Waals surface area (Å²) in [6.45, 7) is 0. The van der Waals surface area contributed by atoms with Crippen LogP contribution in [-0.2, 0) is 0 Å². The molecule has 4 nitrogen and oxygen atoms in total. The first kappa shape index (κ1) is 11.0. The summed E-state index contributed by atoms with van der Waals surface area (Å²) >= 11 is 0. The Labute approximate surface area is 113 Å². The third-order valence-corrected chi connectivity index (χ3v) is 3.36. The minimum absolute atomic E-state index is 0.119. The molecule has 0 saturated carbocycles. The molecule has 0 spiro atoms. The molecule has 0 radical (unpaired) electrons. The van der Waals surface area contributed by atoms with Gasteiger partial charge >= 0.3 is 0 Å². The Morgan fingerprint density at radius 1 is 0.950 bits per heavy atom. The largest absolute Gasteiger partial charge is 0.463 e. The molecule has 0 amide bonds. The molecule has 0 aliphatic rings. The maximum atomic E-state index is 12.7. The van der Waals surface area contributed by atoms with E-state index < -0.39 is 0 Å².